The molecule has 28 heavy (non-hydrogen) atoms. The van der Waals surface area contributed by atoms with Crippen LogP contribution in [0, 0.1) is 6.92 Å². The van der Waals surface area contributed by atoms with E-state index in [0.29, 0.717) is 16.3 Å². The highest BCUT2D eigenvalue weighted by Crippen LogP contribution is 2.24. The van der Waals surface area contributed by atoms with Gasteiger partial charge in [-0.15, -0.1) is 0 Å². The number of benzene rings is 1. The highest BCUT2D eigenvalue weighted by molar-refractivity contribution is 6.32. The standard InChI is InChI=1S/C18H15Cl2N5O3/c1-10-5-3-6-11(17(26)24-28-2)15(10)22-18(27)13-9-14(20)23-25(13)16-12(19)7-4-8-21-16/h3-9H,1-2H3,(H,22,27)(H,24,26). The Morgan fingerprint density at radius 3 is 2.64 bits per heavy atom. The molecule has 2 N–H and O–H groups in total. The van der Waals surface area contributed by atoms with Gasteiger partial charge < -0.3 is 5.32 Å². The maximum Gasteiger partial charge on any atom is 0.276 e. The first-order valence-corrected chi connectivity index (χ1v) is 8.78. The van der Waals surface area contributed by atoms with Crippen molar-refractivity contribution in [3.63, 3.8) is 0 Å². The number of pyridine rings is 1. The fourth-order valence-corrected chi connectivity index (χ4v) is 2.94. The Bertz CT molecular complexity index is 1050. The topological polar surface area (TPSA) is 98.1 Å². The lowest BCUT2D eigenvalue weighted by Crippen LogP contribution is -2.25. The van der Waals surface area contributed by atoms with Crippen molar-refractivity contribution in [2.24, 2.45) is 0 Å². The van der Waals surface area contributed by atoms with E-state index in [9.17, 15) is 9.59 Å². The molecule has 0 atom stereocenters. The van der Waals surface area contributed by atoms with Crippen LogP contribution in [0.3, 0.4) is 0 Å². The van der Waals surface area contributed by atoms with Crippen LogP contribution in [0.1, 0.15) is 26.4 Å². The third kappa shape index (κ3) is 3.99. The number of hydrogen-bond donors (Lipinski definition) is 2. The summed E-state index contributed by atoms with van der Waals surface area (Å²) in [7, 11) is 1.32. The van der Waals surface area contributed by atoms with Crippen molar-refractivity contribution < 1.29 is 14.4 Å². The van der Waals surface area contributed by atoms with Crippen LogP contribution in [0.15, 0.2) is 42.6 Å². The first kappa shape index (κ1) is 19.8. The molecule has 2 amide bonds. The minimum absolute atomic E-state index is 0.0917. The van der Waals surface area contributed by atoms with E-state index in [4.69, 9.17) is 23.2 Å². The Balaban J connectivity index is 2.00. The highest BCUT2D eigenvalue weighted by atomic mass is 35.5. The highest BCUT2D eigenvalue weighted by Gasteiger charge is 2.21. The molecule has 2 heterocycles. The maximum atomic E-state index is 13.0. The summed E-state index contributed by atoms with van der Waals surface area (Å²) in [5.74, 6) is -0.786. The quantitative estimate of drug-likeness (QED) is 0.617. The van der Waals surface area contributed by atoms with Crippen LogP contribution >= 0.6 is 23.2 Å². The van der Waals surface area contributed by atoms with Crippen LogP contribution < -0.4 is 10.8 Å². The Morgan fingerprint density at radius 2 is 1.93 bits per heavy atom. The summed E-state index contributed by atoms with van der Waals surface area (Å²) < 4.78 is 1.24. The number of rotatable bonds is 5. The molecule has 8 nitrogen and oxygen atoms in total. The van der Waals surface area contributed by atoms with Crippen molar-refractivity contribution in [1.29, 1.82) is 0 Å². The predicted octanol–water partition coefficient (Wildman–Crippen LogP) is 3.43. The summed E-state index contributed by atoms with van der Waals surface area (Å²) in [5, 5.41) is 7.21. The molecular formula is C18H15Cl2N5O3. The van der Waals surface area contributed by atoms with Gasteiger partial charge in [0.2, 0.25) is 0 Å². The second kappa shape index (κ2) is 8.39. The summed E-state index contributed by atoms with van der Waals surface area (Å²) in [5.41, 5.74) is 3.59. The van der Waals surface area contributed by atoms with Gasteiger partial charge in [-0.3, -0.25) is 14.4 Å². The molecule has 2 aromatic heterocycles. The monoisotopic (exact) mass is 419 g/mol. The number of amides is 2. The van der Waals surface area contributed by atoms with Gasteiger partial charge in [-0.2, -0.15) is 5.10 Å². The number of nitrogens with one attached hydrogen (secondary N) is 2. The van der Waals surface area contributed by atoms with Gasteiger partial charge in [-0.05, 0) is 30.7 Å². The van der Waals surface area contributed by atoms with E-state index in [1.165, 1.54) is 24.1 Å². The summed E-state index contributed by atoms with van der Waals surface area (Å²) in [6.45, 7) is 1.76. The van der Waals surface area contributed by atoms with Gasteiger partial charge in [-0.25, -0.2) is 15.1 Å². The van der Waals surface area contributed by atoms with Crippen LogP contribution in [0.5, 0.6) is 0 Å². The Kier molecular flexibility index (Phi) is 5.93. The molecule has 144 valence electrons. The number of nitrogens with zero attached hydrogens (tertiary/aromatic N) is 3. The molecule has 3 rings (SSSR count). The third-order valence-corrected chi connectivity index (χ3v) is 4.28. The number of aryl methyl sites for hydroxylation is 1. The second-order valence-electron chi connectivity index (χ2n) is 5.66. The molecule has 3 aromatic rings. The van der Waals surface area contributed by atoms with Gasteiger partial charge in [0.25, 0.3) is 11.8 Å². The molecule has 1 aromatic carbocycles. The van der Waals surface area contributed by atoms with Crippen LogP contribution in [-0.4, -0.2) is 33.7 Å². The van der Waals surface area contributed by atoms with Crippen LogP contribution in [0.25, 0.3) is 5.82 Å². The van der Waals surface area contributed by atoms with Crippen LogP contribution in [0.4, 0.5) is 5.69 Å². The average molecular weight is 420 g/mol. The number of anilines is 1. The molecule has 0 spiro atoms. The van der Waals surface area contributed by atoms with Crippen LogP contribution in [-0.2, 0) is 4.84 Å². The van der Waals surface area contributed by atoms with E-state index >= 15 is 0 Å². The Morgan fingerprint density at radius 1 is 1.14 bits per heavy atom. The van der Waals surface area contributed by atoms with E-state index in [2.05, 4.69) is 25.7 Å². The number of halogens is 2. The Labute approximate surface area is 170 Å². The van der Waals surface area contributed by atoms with Gasteiger partial charge >= 0.3 is 0 Å². The molecular weight excluding hydrogens is 405 g/mol. The zero-order chi connectivity index (χ0) is 20.3. The molecule has 0 saturated carbocycles. The fourth-order valence-electron chi connectivity index (χ4n) is 2.56. The lowest BCUT2D eigenvalue weighted by molar-refractivity contribution is 0.0538. The largest absolute Gasteiger partial charge is 0.320 e. The minimum atomic E-state index is -0.540. The van der Waals surface area contributed by atoms with Crippen molar-refractivity contribution in [2.75, 3.05) is 12.4 Å². The van der Waals surface area contributed by atoms with Crippen molar-refractivity contribution in [1.82, 2.24) is 20.2 Å². The van der Waals surface area contributed by atoms with Gasteiger partial charge in [0.05, 0.1) is 23.4 Å². The Hall–Kier alpha value is -2.94. The number of carbonyl (C=O) groups excluding carboxylic acids is 2. The van der Waals surface area contributed by atoms with Crippen molar-refractivity contribution in [3.8, 4) is 5.82 Å². The SMILES string of the molecule is CONC(=O)c1cccc(C)c1NC(=O)c1cc(Cl)nn1-c1ncccc1Cl. The molecule has 0 fully saturated rings. The molecule has 0 saturated heterocycles. The third-order valence-electron chi connectivity index (χ3n) is 3.80. The summed E-state index contributed by atoms with van der Waals surface area (Å²) >= 11 is 12.2. The number of para-hydroxylation sites is 1. The van der Waals surface area contributed by atoms with Gasteiger partial charge in [-0.1, -0.05) is 35.3 Å². The van der Waals surface area contributed by atoms with Crippen LogP contribution in [0.2, 0.25) is 10.2 Å². The zero-order valence-electron chi connectivity index (χ0n) is 14.9. The average Bonchev–Trinajstić information content (AvgIpc) is 3.05. The first-order chi connectivity index (χ1) is 13.4. The number of hydroxylamine groups is 1. The summed E-state index contributed by atoms with van der Waals surface area (Å²) in [6, 6.07) is 9.69. The van der Waals surface area contributed by atoms with Crippen molar-refractivity contribution in [2.45, 2.75) is 6.92 Å². The summed E-state index contributed by atoms with van der Waals surface area (Å²) in [6.07, 6.45) is 1.52. The lowest BCUT2D eigenvalue weighted by atomic mass is 10.1. The van der Waals surface area contributed by atoms with E-state index in [1.54, 1.807) is 37.3 Å². The summed E-state index contributed by atoms with van der Waals surface area (Å²) in [4.78, 5) is 34.0. The number of carbonyl (C=O) groups is 2. The normalized spacial score (nSPS) is 10.6. The van der Waals surface area contributed by atoms with E-state index in [-0.39, 0.29) is 22.2 Å². The molecule has 0 aliphatic heterocycles. The second-order valence-corrected chi connectivity index (χ2v) is 6.45. The first-order valence-electron chi connectivity index (χ1n) is 8.03. The smallest absolute Gasteiger partial charge is 0.276 e. The van der Waals surface area contributed by atoms with Crippen molar-refractivity contribution >= 4 is 40.7 Å². The minimum Gasteiger partial charge on any atom is -0.320 e. The fraction of sp³-hybridized carbons (Fsp3) is 0.111. The van der Waals surface area contributed by atoms with E-state index in [1.807, 2.05) is 0 Å². The molecule has 0 aliphatic rings. The van der Waals surface area contributed by atoms with E-state index in [0.717, 1.165) is 0 Å². The molecule has 0 bridgehead atoms. The molecule has 0 aliphatic carbocycles. The number of aromatic nitrogens is 3. The van der Waals surface area contributed by atoms with E-state index < -0.39 is 11.8 Å². The number of hydrogen-bond acceptors (Lipinski definition) is 5. The van der Waals surface area contributed by atoms with Gasteiger partial charge in [0.15, 0.2) is 11.0 Å². The zero-order valence-corrected chi connectivity index (χ0v) is 16.4. The predicted molar refractivity (Wildman–Crippen MR) is 105 cm³/mol. The maximum absolute atomic E-state index is 13.0. The molecule has 0 unspecified atom stereocenters. The van der Waals surface area contributed by atoms with Gasteiger partial charge in [0.1, 0.15) is 5.69 Å². The lowest BCUT2D eigenvalue weighted by Gasteiger charge is -2.14. The molecule has 0 radical (unpaired) electrons. The molecule has 10 heteroatoms. The van der Waals surface area contributed by atoms with Crippen molar-refractivity contribution in [3.05, 3.63) is 69.6 Å². The van der Waals surface area contributed by atoms with Gasteiger partial charge in [0, 0.05) is 12.3 Å².